The van der Waals surface area contributed by atoms with Crippen LogP contribution in [0.1, 0.15) is 38.2 Å². The van der Waals surface area contributed by atoms with Gasteiger partial charge in [-0.25, -0.2) is 9.18 Å². The van der Waals surface area contributed by atoms with Crippen molar-refractivity contribution in [3.05, 3.63) is 35.6 Å². The molecule has 1 fully saturated rings. The Balaban J connectivity index is 2.50. The fourth-order valence-electron chi connectivity index (χ4n) is 3.06. The normalized spacial score (nSPS) is 19.9. The number of hydrogen-bond donors (Lipinski definition) is 1. The third-order valence-corrected chi connectivity index (χ3v) is 4.08. The molecule has 1 heterocycles. The van der Waals surface area contributed by atoms with Gasteiger partial charge in [0, 0.05) is 5.56 Å². The van der Waals surface area contributed by atoms with Crippen molar-refractivity contribution in [2.75, 3.05) is 13.1 Å². The molecule has 0 aromatic heterocycles. The molecule has 2 rings (SSSR count). The van der Waals surface area contributed by atoms with E-state index in [1.165, 1.54) is 6.07 Å². The van der Waals surface area contributed by atoms with Crippen LogP contribution in [0.5, 0.6) is 0 Å². The van der Waals surface area contributed by atoms with Crippen LogP contribution < -0.4 is 0 Å². The van der Waals surface area contributed by atoms with Crippen LogP contribution >= 0.6 is 0 Å². The van der Waals surface area contributed by atoms with Gasteiger partial charge in [0.2, 0.25) is 0 Å². The maximum Gasteiger partial charge on any atom is 0.328 e. The van der Waals surface area contributed by atoms with Crippen LogP contribution in [-0.2, 0) is 10.3 Å². The molecule has 1 aliphatic heterocycles. The van der Waals surface area contributed by atoms with Gasteiger partial charge in [0.1, 0.15) is 11.4 Å². The van der Waals surface area contributed by atoms with Crippen molar-refractivity contribution < 1.29 is 14.3 Å². The average Bonchev–Trinajstić information content (AvgIpc) is 2.43. The number of benzene rings is 1. The van der Waals surface area contributed by atoms with Gasteiger partial charge in [0.25, 0.3) is 0 Å². The molecule has 1 saturated heterocycles. The number of hydrogen-bond acceptors (Lipinski definition) is 2. The molecule has 104 valence electrons. The summed E-state index contributed by atoms with van der Waals surface area (Å²) in [7, 11) is 0. The van der Waals surface area contributed by atoms with Crippen LogP contribution in [0.2, 0.25) is 0 Å². The molecule has 0 saturated carbocycles. The second-order valence-corrected chi connectivity index (χ2v) is 5.05. The summed E-state index contributed by atoms with van der Waals surface area (Å²) in [4.78, 5) is 13.8. The van der Waals surface area contributed by atoms with Crippen molar-refractivity contribution in [3.8, 4) is 0 Å². The van der Waals surface area contributed by atoms with Gasteiger partial charge >= 0.3 is 5.97 Å². The van der Waals surface area contributed by atoms with Crippen molar-refractivity contribution in [2.24, 2.45) is 0 Å². The molecule has 1 aromatic rings. The number of carboxylic acid groups (broad SMARTS) is 1. The Kier molecular flexibility index (Phi) is 4.20. The van der Waals surface area contributed by atoms with Crippen molar-refractivity contribution in [3.63, 3.8) is 0 Å². The first-order valence-electron chi connectivity index (χ1n) is 6.86. The van der Waals surface area contributed by atoms with Crippen molar-refractivity contribution >= 4 is 5.97 Å². The van der Waals surface area contributed by atoms with Crippen molar-refractivity contribution in [2.45, 2.75) is 38.1 Å². The summed E-state index contributed by atoms with van der Waals surface area (Å²) >= 11 is 0. The second-order valence-electron chi connectivity index (χ2n) is 5.05. The number of nitrogens with zero attached hydrogens (tertiary/aromatic N) is 1. The lowest BCUT2D eigenvalue weighted by Gasteiger charge is -2.42. The minimum absolute atomic E-state index is 0.284. The maximum absolute atomic E-state index is 14.1. The quantitative estimate of drug-likeness (QED) is 0.909. The van der Waals surface area contributed by atoms with Gasteiger partial charge in [-0.3, -0.25) is 4.90 Å². The molecule has 3 nitrogen and oxygen atoms in total. The molecule has 0 radical (unpaired) electrons. The van der Waals surface area contributed by atoms with E-state index in [4.69, 9.17) is 0 Å². The highest BCUT2D eigenvalue weighted by Gasteiger charge is 2.46. The van der Waals surface area contributed by atoms with Crippen LogP contribution in [0.3, 0.4) is 0 Å². The monoisotopic (exact) mass is 265 g/mol. The standard InChI is InChI=1S/C15H20FNO2/c1-2-15(14(18)19,17-10-6-3-7-11-17)12-8-4-5-9-13(12)16/h4-5,8-9H,2-3,6-7,10-11H2,1H3,(H,18,19). The molecule has 0 spiro atoms. The van der Waals surface area contributed by atoms with E-state index in [-0.39, 0.29) is 5.56 Å². The topological polar surface area (TPSA) is 40.5 Å². The van der Waals surface area contributed by atoms with Crippen molar-refractivity contribution in [1.82, 2.24) is 4.90 Å². The van der Waals surface area contributed by atoms with Crippen LogP contribution in [0.4, 0.5) is 4.39 Å². The first-order valence-corrected chi connectivity index (χ1v) is 6.86. The summed E-state index contributed by atoms with van der Waals surface area (Å²) in [5, 5.41) is 9.75. The molecule has 1 unspecified atom stereocenters. The van der Waals surface area contributed by atoms with E-state index in [0.717, 1.165) is 19.3 Å². The first kappa shape index (κ1) is 14.0. The van der Waals surface area contributed by atoms with E-state index < -0.39 is 17.3 Å². The Hall–Kier alpha value is -1.42. The largest absolute Gasteiger partial charge is 0.480 e. The van der Waals surface area contributed by atoms with Gasteiger partial charge in [0.15, 0.2) is 0 Å². The Morgan fingerprint density at radius 1 is 1.32 bits per heavy atom. The average molecular weight is 265 g/mol. The minimum atomic E-state index is -1.23. The highest BCUT2D eigenvalue weighted by atomic mass is 19.1. The number of rotatable bonds is 4. The zero-order valence-electron chi connectivity index (χ0n) is 11.2. The summed E-state index contributed by atoms with van der Waals surface area (Å²) in [6.45, 7) is 3.25. The number of piperidine rings is 1. The molecule has 0 amide bonds. The number of aliphatic carboxylic acids is 1. The SMILES string of the molecule is CCC(C(=O)O)(c1ccccc1F)N1CCCCC1. The number of halogens is 1. The van der Waals surface area contributed by atoms with E-state index in [0.29, 0.717) is 19.5 Å². The molecular formula is C15H20FNO2. The predicted molar refractivity (Wildman–Crippen MR) is 71.4 cm³/mol. The van der Waals surface area contributed by atoms with E-state index in [2.05, 4.69) is 0 Å². The van der Waals surface area contributed by atoms with E-state index in [1.807, 2.05) is 11.8 Å². The highest BCUT2D eigenvalue weighted by Crippen LogP contribution is 2.36. The summed E-state index contributed by atoms with van der Waals surface area (Å²) in [5.41, 5.74) is -0.946. The van der Waals surface area contributed by atoms with E-state index in [9.17, 15) is 14.3 Å². The van der Waals surface area contributed by atoms with Gasteiger partial charge in [0.05, 0.1) is 0 Å². The first-order chi connectivity index (χ1) is 9.13. The van der Waals surface area contributed by atoms with Gasteiger partial charge in [-0.2, -0.15) is 0 Å². The third kappa shape index (κ3) is 2.37. The van der Waals surface area contributed by atoms with Gasteiger partial charge in [-0.05, 0) is 38.4 Å². The fourth-order valence-corrected chi connectivity index (χ4v) is 3.06. The molecule has 0 aliphatic carbocycles. The summed E-state index contributed by atoms with van der Waals surface area (Å²) in [5.74, 6) is -1.39. The Morgan fingerprint density at radius 3 is 2.47 bits per heavy atom. The molecule has 0 bridgehead atoms. The summed E-state index contributed by atoms with van der Waals surface area (Å²) in [6, 6.07) is 6.24. The lowest BCUT2D eigenvalue weighted by Crippen LogP contribution is -2.54. The van der Waals surface area contributed by atoms with Gasteiger partial charge in [-0.1, -0.05) is 31.5 Å². The minimum Gasteiger partial charge on any atom is -0.480 e. The van der Waals surface area contributed by atoms with E-state index >= 15 is 0 Å². The predicted octanol–water partition coefficient (Wildman–Crippen LogP) is 3.00. The third-order valence-electron chi connectivity index (χ3n) is 4.08. The number of carboxylic acids is 1. The Bertz CT molecular complexity index is 457. The smallest absolute Gasteiger partial charge is 0.328 e. The molecule has 1 aliphatic rings. The van der Waals surface area contributed by atoms with Crippen LogP contribution in [0.15, 0.2) is 24.3 Å². The van der Waals surface area contributed by atoms with Gasteiger partial charge < -0.3 is 5.11 Å². The summed E-state index contributed by atoms with van der Waals surface area (Å²) < 4.78 is 14.1. The highest BCUT2D eigenvalue weighted by molar-refractivity contribution is 5.81. The molecule has 19 heavy (non-hydrogen) atoms. The molecule has 1 aromatic carbocycles. The van der Waals surface area contributed by atoms with Crippen LogP contribution in [-0.4, -0.2) is 29.1 Å². The zero-order chi connectivity index (χ0) is 13.9. The lowest BCUT2D eigenvalue weighted by molar-refractivity contribution is -0.154. The fraction of sp³-hybridized carbons (Fsp3) is 0.533. The Labute approximate surface area is 113 Å². The van der Waals surface area contributed by atoms with Gasteiger partial charge in [-0.15, -0.1) is 0 Å². The molecular weight excluding hydrogens is 245 g/mol. The number of likely N-dealkylation sites (tertiary alicyclic amines) is 1. The van der Waals surface area contributed by atoms with E-state index in [1.54, 1.807) is 18.2 Å². The molecule has 4 heteroatoms. The zero-order valence-corrected chi connectivity index (χ0v) is 11.2. The maximum atomic E-state index is 14.1. The van der Waals surface area contributed by atoms with Crippen LogP contribution in [0, 0.1) is 5.82 Å². The Morgan fingerprint density at radius 2 is 1.95 bits per heavy atom. The van der Waals surface area contributed by atoms with Crippen molar-refractivity contribution in [1.29, 1.82) is 0 Å². The van der Waals surface area contributed by atoms with Crippen LogP contribution in [0.25, 0.3) is 0 Å². The molecule has 1 atom stereocenters. The molecule has 1 N–H and O–H groups in total. The second kappa shape index (κ2) is 5.70. The summed E-state index contributed by atoms with van der Waals surface area (Å²) in [6.07, 6.45) is 3.43. The lowest BCUT2D eigenvalue weighted by atomic mass is 9.83. The number of carbonyl (C=O) groups is 1.